The average Bonchev–Trinajstić information content (AvgIpc) is 3.50. The molecule has 0 radical (unpaired) electrons. The summed E-state index contributed by atoms with van der Waals surface area (Å²) in [6, 6.07) is 20.5. The van der Waals surface area contributed by atoms with Gasteiger partial charge in [0.25, 0.3) is 0 Å². The normalized spacial score (nSPS) is 41.7. The third-order valence-corrected chi connectivity index (χ3v) is 17.4. The molecule has 8 heteroatoms. The lowest BCUT2D eigenvalue weighted by molar-refractivity contribution is 0.249. The van der Waals surface area contributed by atoms with Crippen molar-refractivity contribution in [1.82, 2.24) is 0 Å². The third kappa shape index (κ3) is 3.33. The van der Waals surface area contributed by atoms with Gasteiger partial charge >= 0.3 is 15.2 Å². The molecule has 6 aliphatic rings. The molecule has 0 aromatic heterocycles. The molecule has 0 saturated heterocycles. The van der Waals surface area contributed by atoms with Crippen LogP contribution in [-0.2, 0) is 37.5 Å². The summed E-state index contributed by atoms with van der Waals surface area (Å²) >= 11 is 0. The number of benzene rings is 2. The SMILES string of the molecule is COP(=O)(OC)C1(c2ccccc2)C2C3CCC(C3)C21.COP(=O)(OC)C1(c2ccccc2)C2C3CCC(C3)C21. The minimum atomic E-state index is -3.11. The van der Waals surface area contributed by atoms with E-state index in [1.165, 1.54) is 67.0 Å². The van der Waals surface area contributed by atoms with E-state index in [-0.39, 0.29) is 10.3 Å². The fourth-order valence-corrected chi connectivity index (χ4v) is 16.1. The van der Waals surface area contributed by atoms with Gasteiger partial charge in [-0.2, -0.15) is 0 Å². The quantitative estimate of drug-likeness (QED) is 0.292. The van der Waals surface area contributed by atoms with Crippen LogP contribution in [0.1, 0.15) is 49.7 Å². The molecule has 8 unspecified atom stereocenters. The molecule has 0 amide bonds. The van der Waals surface area contributed by atoms with Gasteiger partial charge in [0.15, 0.2) is 0 Å². The van der Waals surface area contributed by atoms with Crippen LogP contribution in [0, 0.1) is 47.3 Å². The molecule has 0 aliphatic heterocycles. The molecule has 40 heavy (non-hydrogen) atoms. The van der Waals surface area contributed by atoms with Gasteiger partial charge in [-0.3, -0.25) is 9.13 Å². The van der Waals surface area contributed by atoms with E-state index in [1.807, 2.05) is 36.4 Å². The van der Waals surface area contributed by atoms with Crippen molar-refractivity contribution < 1.29 is 27.2 Å². The summed E-state index contributed by atoms with van der Waals surface area (Å²) < 4.78 is 48.5. The molecule has 2 aromatic rings. The summed E-state index contributed by atoms with van der Waals surface area (Å²) in [5, 5.41) is -0.746. The number of fused-ring (bicyclic) bond motifs is 10. The molecule has 0 heterocycles. The molecule has 0 spiro atoms. The highest BCUT2D eigenvalue weighted by atomic mass is 31.2. The first-order valence-electron chi connectivity index (χ1n) is 14.9. The first-order valence-corrected chi connectivity index (χ1v) is 18.0. The summed E-state index contributed by atoms with van der Waals surface area (Å²) in [7, 11) is -0.0836. The number of rotatable bonds is 8. The fraction of sp³-hybridized carbons (Fsp3) is 0.625. The van der Waals surface area contributed by atoms with Crippen molar-refractivity contribution in [3.63, 3.8) is 0 Å². The van der Waals surface area contributed by atoms with E-state index < -0.39 is 15.2 Å². The Balaban J connectivity index is 0.000000132. The zero-order valence-electron chi connectivity index (χ0n) is 24.0. The highest BCUT2D eigenvalue weighted by Crippen LogP contribution is 2.90. The third-order valence-electron chi connectivity index (χ3n) is 12.0. The second-order valence-electron chi connectivity index (χ2n) is 12.9. The molecule has 216 valence electrons. The summed E-state index contributed by atoms with van der Waals surface area (Å²) in [5.41, 5.74) is 2.30. The Morgan fingerprint density at radius 2 is 0.800 bits per heavy atom. The van der Waals surface area contributed by atoms with Crippen LogP contribution in [0.25, 0.3) is 0 Å². The molecule has 8 atom stereocenters. The van der Waals surface area contributed by atoms with E-state index in [0.29, 0.717) is 47.3 Å². The Morgan fingerprint density at radius 3 is 1.05 bits per heavy atom. The van der Waals surface area contributed by atoms with Crippen molar-refractivity contribution in [1.29, 1.82) is 0 Å². The average molecular weight is 585 g/mol. The molecule has 6 nitrogen and oxygen atoms in total. The van der Waals surface area contributed by atoms with E-state index in [4.69, 9.17) is 18.1 Å². The molecular weight excluding hydrogens is 542 g/mol. The minimum Gasteiger partial charge on any atom is -0.311 e. The summed E-state index contributed by atoms with van der Waals surface area (Å²) in [6.45, 7) is 0. The maximum absolute atomic E-state index is 13.3. The van der Waals surface area contributed by atoms with E-state index in [2.05, 4.69) is 24.3 Å². The van der Waals surface area contributed by atoms with Crippen LogP contribution in [-0.4, -0.2) is 28.4 Å². The van der Waals surface area contributed by atoms with Crippen molar-refractivity contribution in [2.45, 2.75) is 48.8 Å². The highest BCUT2D eigenvalue weighted by Gasteiger charge is 2.84. The Kier molecular flexibility index (Phi) is 6.64. The first-order chi connectivity index (χ1) is 19.4. The van der Waals surface area contributed by atoms with Crippen LogP contribution in [0.15, 0.2) is 60.7 Å². The standard InChI is InChI=1S/2C16H21O3P/c2*1-18-20(17,19-2)16(13-6-4-3-5-7-13)14-11-8-9-12(10-11)15(14)16/h2*3-7,11-12,14-15H,8-10H2,1-2H3. The lowest BCUT2D eigenvalue weighted by atomic mass is 9.96. The van der Waals surface area contributed by atoms with Crippen molar-refractivity contribution in [2.75, 3.05) is 28.4 Å². The predicted octanol–water partition coefficient (Wildman–Crippen LogP) is 8.09. The molecule has 0 N–H and O–H groups in total. The van der Waals surface area contributed by atoms with Crippen LogP contribution < -0.4 is 0 Å². The topological polar surface area (TPSA) is 71.1 Å². The van der Waals surface area contributed by atoms with Crippen LogP contribution in [0.4, 0.5) is 0 Å². The lowest BCUT2D eigenvalue weighted by Gasteiger charge is -2.30. The van der Waals surface area contributed by atoms with Crippen LogP contribution in [0.3, 0.4) is 0 Å². The van der Waals surface area contributed by atoms with Crippen molar-refractivity contribution in [3.05, 3.63) is 71.8 Å². The smallest absolute Gasteiger partial charge is 0.311 e. The van der Waals surface area contributed by atoms with Crippen LogP contribution in [0.5, 0.6) is 0 Å². The molecule has 6 fully saturated rings. The molecule has 2 aromatic carbocycles. The summed E-state index contributed by atoms with van der Waals surface area (Å²) in [6.07, 6.45) is 7.78. The molecule has 6 saturated carbocycles. The van der Waals surface area contributed by atoms with Gasteiger partial charge in [-0.1, -0.05) is 60.7 Å². The zero-order chi connectivity index (χ0) is 27.9. The van der Waals surface area contributed by atoms with Crippen LogP contribution >= 0.6 is 15.2 Å². The molecular formula is C32H42O6P2. The van der Waals surface area contributed by atoms with Crippen molar-refractivity contribution in [3.8, 4) is 0 Å². The van der Waals surface area contributed by atoms with Gasteiger partial charge in [0.2, 0.25) is 0 Å². The predicted molar refractivity (Wildman–Crippen MR) is 155 cm³/mol. The minimum absolute atomic E-state index is 0.373. The lowest BCUT2D eigenvalue weighted by Crippen LogP contribution is -2.20. The summed E-state index contributed by atoms with van der Waals surface area (Å²) in [4.78, 5) is 0. The van der Waals surface area contributed by atoms with E-state index >= 15 is 0 Å². The van der Waals surface area contributed by atoms with E-state index in [9.17, 15) is 9.13 Å². The van der Waals surface area contributed by atoms with Crippen molar-refractivity contribution >= 4 is 15.2 Å². The van der Waals surface area contributed by atoms with Gasteiger partial charge in [-0.05, 0) is 97.0 Å². The van der Waals surface area contributed by atoms with Gasteiger partial charge in [-0.25, -0.2) is 0 Å². The fourth-order valence-electron chi connectivity index (χ4n) is 10.9. The van der Waals surface area contributed by atoms with Gasteiger partial charge in [0, 0.05) is 28.4 Å². The Bertz CT molecular complexity index is 1200. The molecule has 8 rings (SSSR count). The van der Waals surface area contributed by atoms with Gasteiger partial charge in [0.05, 0.1) is 0 Å². The highest BCUT2D eigenvalue weighted by molar-refractivity contribution is 7.56. The monoisotopic (exact) mass is 584 g/mol. The Hall–Kier alpha value is -1.26. The van der Waals surface area contributed by atoms with E-state index in [1.54, 1.807) is 0 Å². The number of hydrogen-bond donors (Lipinski definition) is 0. The Labute approximate surface area is 238 Å². The van der Waals surface area contributed by atoms with Crippen molar-refractivity contribution in [2.24, 2.45) is 47.3 Å². The summed E-state index contributed by atoms with van der Waals surface area (Å²) in [5.74, 6) is 4.83. The van der Waals surface area contributed by atoms with Gasteiger partial charge in [-0.15, -0.1) is 0 Å². The zero-order valence-corrected chi connectivity index (χ0v) is 25.8. The van der Waals surface area contributed by atoms with E-state index in [0.717, 1.165) is 11.1 Å². The van der Waals surface area contributed by atoms with Crippen LogP contribution in [0.2, 0.25) is 0 Å². The molecule has 4 bridgehead atoms. The molecule has 6 aliphatic carbocycles. The second kappa shape index (κ2) is 9.63. The second-order valence-corrected chi connectivity index (χ2v) is 17.8. The number of hydrogen-bond acceptors (Lipinski definition) is 6. The van der Waals surface area contributed by atoms with Gasteiger partial charge in [0.1, 0.15) is 10.3 Å². The first kappa shape index (κ1) is 27.6. The largest absolute Gasteiger partial charge is 0.341 e. The van der Waals surface area contributed by atoms with Gasteiger partial charge < -0.3 is 18.1 Å². The Morgan fingerprint density at radius 1 is 0.525 bits per heavy atom. The maximum Gasteiger partial charge on any atom is 0.341 e. The maximum atomic E-state index is 13.3.